The first-order valence-electron chi connectivity index (χ1n) is 6.54. The molecule has 2 unspecified atom stereocenters. The summed E-state index contributed by atoms with van der Waals surface area (Å²) in [5.74, 6) is -0.410. The average molecular weight is 278 g/mol. The van der Waals surface area contributed by atoms with Gasteiger partial charge in [-0.25, -0.2) is 8.42 Å². The quantitative estimate of drug-likeness (QED) is 0.688. The van der Waals surface area contributed by atoms with Crippen LogP contribution in [0.5, 0.6) is 0 Å². The highest BCUT2D eigenvalue weighted by Crippen LogP contribution is 2.13. The molecule has 0 aromatic rings. The maximum absolute atomic E-state index is 12.1. The number of nitrogens with two attached hydrogens (primary N) is 1. The molecule has 6 heteroatoms. The molecule has 0 heterocycles. The largest absolute Gasteiger partial charge is 0.352 e. The fourth-order valence-corrected chi connectivity index (χ4v) is 3.24. The molecule has 0 aromatic carbocycles. The minimum atomic E-state index is -3.45. The van der Waals surface area contributed by atoms with Gasteiger partial charge in [-0.2, -0.15) is 0 Å². The Balaban J connectivity index is 4.72. The number of carbonyl (C=O) groups excluding carboxylic acids is 1. The zero-order valence-corrected chi connectivity index (χ0v) is 12.6. The molecule has 0 aromatic heterocycles. The summed E-state index contributed by atoms with van der Waals surface area (Å²) >= 11 is 0. The third kappa shape index (κ3) is 4.57. The van der Waals surface area contributed by atoms with E-state index in [1.54, 1.807) is 6.92 Å². The van der Waals surface area contributed by atoms with Gasteiger partial charge in [0.05, 0.1) is 5.25 Å². The number of nitrogens with one attached hydrogen (secondary N) is 1. The number of hydrogen-bond acceptors (Lipinski definition) is 4. The first kappa shape index (κ1) is 17.4. The van der Waals surface area contributed by atoms with Crippen molar-refractivity contribution in [1.82, 2.24) is 5.32 Å². The maximum atomic E-state index is 12.1. The smallest absolute Gasteiger partial charge is 0.238 e. The van der Waals surface area contributed by atoms with Crippen LogP contribution in [0.25, 0.3) is 0 Å². The summed E-state index contributed by atoms with van der Waals surface area (Å²) in [6.45, 7) is 7.28. The number of amides is 1. The lowest BCUT2D eigenvalue weighted by molar-refractivity contribution is -0.121. The molecule has 3 N–H and O–H groups in total. The first-order chi connectivity index (χ1) is 8.31. The molecule has 18 heavy (non-hydrogen) atoms. The van der Waals surface area contributed by atoms with E-state index in [9.17, 15) is 13.2 Å². The Morgan fingerprint density at radius 2 is 1.72 bits per heavy atom. The van der Waals surface area contributed by atoms with Gasteiger partial charge >= 0.3 is 0 Å². The van der Waals surface area contributed by atoms with E-state index in [0.29, 0.717) is 13.0 Å². The summed E-state index contributed by atoms with van der Waals surface area (Å²) in [4.78, 5) is 11.9. The fourth-order valence-electron chi connectivity index (χ4n) is 1.71. The van der Waals surface area contributed by atoms with Crippen LogP contribution in [0.3, 0.4) is 0 Å². The molecule has 0 aliphatic heterocycles. The van der Waals surface area contributed by atoms with Crippen molar-refractivity contribution in [1.29, 1.82) is 0 Å². The summed E-state index contributed by atoms with van der Waals surface area (Å²) in [6.07, 6.45) is 1.98. The summed E-state index contributed by atoms with van der Waals surface area (Å²) in [5, 5.41) is 1.18. The normalized spacial score (nSPS) is 15.4. The number of sulfone groups is 1. The van der Waals surface area contributed by atoms with E-state index in [-0.39, 0.29) is 6.04 Å². The van der Waals surface area contributed by atoms with Crippen LogP contribution in [-0.2, 0) is 14.6 Å². The molecule has 0 aliphatic rings. The standard InChI is InChI=1S/C12H26N2O3S/c1-5-11(6-2)14-12(15)10(4)18(16,17)9(3)7-8-13/h9-11H,5-8,13H2,1-4H3,(H,14,15). The van der Waals surface area contributed by atoms with Crippen LogP contribution in [0.15, 0.2) is 0 Å². The summed E-state index contributed by atoms with van der Waals surface area (Å²) in [6, 6.07) is 0.0416. The molecule has 0 bridgehead atoms. The number of hydrogen-bond donors (Lipinski definition) is 2. The summed E-state index contributed by atoms with van der Waals surface area (Å²) < 4.78 is 24.2. The van der Waals surface area contributed by atoms with Gasteiger partial charge in [-0.3, -0.25) is 4.79 Å². The minimum absolute atomic E-state index is 0.0416. The van der Waals surface area contributed by atoms with Gasteiger partial charge in [0.15, 0.2) is 9.84 Å². The van der Waals surface area contributed by atoms with Crippen LogP contribution in [0.2, 0.25) is 0 Å². The Morgan fingerprint density at radius 3 is 2.11 bits per heavy atom. The van der Waals surface area contributed by atoms with Crippen molar-refractivity contribution in [3.63, 3.8) is 0 Å². The van der Waals surface area contributed by atoms with Gasteiger partial charge in [-0.1, -0.05) is 13.8 Å². The highest BCUT2D eigenvalue weighted by atomic mass is 32.2. The maximum Gasteiger partial charge on any atom is 0.238 e. The zero-order valence-electron chi connectivity index (χ0n) is 11.8. The second kappa shape index (κ2) is 7.74. The lowest BCUT2D eigenvalue weighted by Crippen LogP contribution is -2.45. The molecule has 0 aliphatic carbocycles. The van der Waals surface area contributed by atoms with Crippen LogP contribution in [0.1, 0.15) is 47.0 Å². The second-order valence-corrected chi connectivity index (χ2v) is 7.33. The van der Waals surface area contributed by atoms with E-state index in [0.717, 1.165) is 12.8 Å². The van der Waals surface area contributed by atoms with Gasteiger partial charge in [0.1, 0.15) is 5.25 Å². The van der Waals surface area contributed by atoms with Crippen molar-refractivity contribution in [2.24, 2.45) is 5.73 Å². The topological polar surface area (TPSA) is 89.3 Å². The van der Waals surface area contributed by atoms with Gasteiger partial charge in [-0.05, 0) is 39.7 Å². The zero-order chi connectivity index (χ0) is 14.3. The monoisotopic (exact) mass is 278 g/mol. The molecule has 0 saturated carbocycles. The molecule has 0 saturated heterocycles. The van der Waals surface area contributed by atoms with Gasteiger partial charge in [0.25, 0.3) is 0 Å². The van der Waals surface area contributed by atoms with Crippen molar-refractivity contribution in [3.05, 3.63) is 0 Å². The Kier molecular flexibility index (Phi) is 7.47. The van der Waals surface area contributed by atoms with Crippen molar-refractivity contribution in [3.8, 4) is 0 Å². The van der Waals surface area contributed by atoms with Gasteiger partial charge in [0, 0.05) is 6.04 Å². The molecule has 108 valence electrons. The second-order valence-electron chi connectivity index (χ2n) is 4.64. The van der Waals surface area contributed by atoms with Crippen LogP contribution < -0.4 is 11.1 Å². The average Bonchev–Trinajstić information content (AvgIpc) is 2.34. The van der Waals surface area contributed by atoms with Crippen LogP contribution >= 0.6 is 0 Å². The summed E-state index contributed by atoms with van der Waals surface area (Å²) in [5.41, 5.74) is 5.36. The van der Waals surface area contributed by atoms with E-state index in [1.165, 1.54) is 6.92 Å². The Hall–Kier alpha value is -0.620. The minimum Gasteiger partial charge on any atom is -0.352 e. The molecule has 0 radical (unpaired) electrons. The lowest BCUT2D eigenvalue weighted by atomic mass is 10.2. The van der Waals surface area contributed by atoms with E-state index in [1.807, 2.05) is 13.8 Å². The van der Waals surface area contributed by atoms with Gasteiger partial charge < -0.3 is 11.1 Å². The van der Waals surface area contributed by atoms with Crippen LogP contribution in [-0.4, -0.2) is 37.4 Å². The van der Waals surface area contributed by atoms with E-state index < -0.39 is 26.2 Å². The van der Waals surface area contributed by atoms with Crippen LogP contribution in [0, 0.1) is 0 Å². The lowest BCUT2D eigenvalue weighted by Gasteiger charge is -2.21. The predicted octanol–water partition coefficient (Wildman–Crippen LogP) is 0.832. The molecule has 0 spiro atoms. The molecule has 0 fully saturated rings. The molecular formula is C12H26N2O3S. The van der Waals surface area contributed by atoms with Gasteiger partial charge in [-0.15, -0.1) is 0 Å². The third-order valence-electron chi connectivity index (χ3n) is 3.33. The Labute approximate surface area is 110 Å². The van der Waals surface area contributed by atoms with Crippen molar-refractivity contribution < 1.29 is 13.2 Å². The van der Waals surface area contributed by atoms with Crippen molar-refractivity contribution >= 4 is 15.7 Å². The number of rotatable bonds is 8. The van der Waals surface area contributed by atoms with Crippen molar-refractivity contribution in [2.45, 2.75) is 63.5 Å². The van der Waals surface area contributed by atoms with Crippen molar-refractivity contribution in [2.75, 3.05) is 6.54 Å². The highest BCUT2D eigenvalue weighted by Gasteiger charge is 2.33. The Morgan fingerprint density at radius 1 is 1.22 bits per heavy atom. The van der Waals surface area contributed by atoms with Crippen LogP contribution in [0.4, 0.5) is 0 Å². The Bertz CT molecular complexity index is 350. The first-order valence-corrected chi connectivity index (χ1v) is 8.15. The third-order valence-corrected chi connectivity index (χ3v) is 5.89. The number of carbonyl (C=O) groups is 1. The summed E-state index contributed by atoms with van der Waals surface area (Å²) in [7, 11) is -3.45. The fraction of sp³-hybridized carbons (Fsp3) is 0.917. The molecular weight excluding hydrogens is 252 g/mol. The molecule has 0 rings (SSSR count). The highest BCUT2D eigenvalue weighted by molar-refractivity contribution is 7.93. The molecule has 1 amide bonds. The van der Waals surface area contributed by atoms with E-state index in [4.69, 9.17) is 5.73 Å². The molecule has 5 nitrogen and oxygen atoms in total. The van der Waals surface area contributed by atoms with E-state index in [2.05, 4.69) is 5.32 Å². The predicted molar refractivity (Wildman–Crippen MR) is 74.0 cm³/mol. The SMILES string of the molecule is CCC(CC)NC(=O)C(C)S(=O)(=O)C(C)CCN. The van der Waals surface area contributed by atoms with Gasteiger partial charge in [0.2, 0.25) is 5.91 Å². The van der Waals surface area contributed by atoms with E-state index >= 15 is 0 Å². The molecule has 2 atom stereocenters.